The minimum Gasteiger partial charge on any atom is -0.493 e. The lowest BCUT2D eigenvalue weighted by Crippen LogP contribution is -2.15. The number of carbonyl (C=O) groups excluding carboxylic acids is 2. The van der Waals surface area contributed by atoms with E-state index < -0.39 is 0 Å². The van der Waals surface area contributed by atoms with Crippen LogP contribution >= 0.6 is 0 Å². The molecule has 0 aromatic heterocycles. The van der Waals surface area contributed by atoms with Crippen molar-refractivity contribution in [2.75, 3.05) is 6.61 Å². The summed E-state index contributed by atoms with van der Waals surface area (Å²) in [6, 6.07) is 14.2. The molecular formula is C20H22O4. The Morgan fingerprint density at radius 3 is 1.75 bits per heavy atom. The van der Waals surface area contributed by atoms with E-state index in [9.17, 15) is 9.59 Å². The molecule has 0 N–H and O–H groups in total. The Labute approximate surface area is 142 Å². The van der Waals surface area contributed by atoms with E-state index >= 15 is 0 Å². The van der Waals surface area contributed by atoms with Crippen LogP contribution in [-0.2, 0) is 0 Å². The van der Waals surface area contributed by atoms with E-state index in [-0.39, 0.29) is 17.7 Å². The van der Waals surface area contributed by atoms with E-state index in [1.807, 2.05) is 6.92 Å². The molecule has 0 saturated carbocycles. The number of hydrogen-bond donors (Lipinski definition) is 0. The molecule has 0 radical (unpaired) electrons. The molecule has 0 fully saturated rings. The van der Waals surface area contributed by atoms with Crippen LogP contribution in [0.15, 0.2) is 48.5 Å². The summed E-state index contributed by atoms with van der Waals surface area (Å²) in [5.41, 5.74) is 1.35. The first-order chi connectivity index (χ1) is 11.5. The molecule has 0 amide bonds. The van der Waals surface area contributed by atoms with Crippen LogP contribution in [0.4, 0.5) is 0 Å². The summed E-state index contributed by atoms with van der Waals surface area (Å²) in [6.45, 7) is 5.57. The SMILES string of the molecule is CC(=O)c1ccc(OCCC(C)Oc2ccc(C(C)=O)cc2)cc1. The number of Topliss-reactive ketones (excluding diaryl/α,β-unsaturated/α-hetero) is 2. The maximum Gasteiger partial charge on any atom is 0.159 e. The monoisotopic (exact) mass is 326 g/mol. The third kappa shape index (κ3) is 5.23. The van der Waals surface area contributed by atoms with Crippen LogP contribution in [-0.4, -0.2) is 24.3 Å². The molecule has 0 spiro atoms. The Bertz CT molecular complexity index is 687. The van der Waals surface area contributed by atoms with Gasteiger partial charge in [-0.05, 0) is 69.3 Å². The second kappa shape index (κ2) is 8.29. The van der Waals surface area contributed by atoms with E-state index in [4.69, 9.17) is 9.47 Å². The molecule has 0 aliphatic rings. The smallest absolute Gasteiger partial charge is 0.159 e. The zero-order valence-electron chi connectivity index (χ0n) is 14.2. The van der Waals surface area contributed by atoms with Crippen molar-refractivity contribution in [3.05, 3.63) is 59.7 Å². The van der Waals surface area contributed by atoms with Crippen molar-refractivity contribution in [1.82, 2.24) is 0 Å². The Morgan fingerprint density at radius 2 is 1.29 bits per heavy atom. The van der Waals surface area contributed by atoms with Gasteiger partial charge in [0.1, 0.15) is 11.5 Å². The molecule has 4 nitrogen and oxygen atoms in total. The third-order valence-corrected chi connectivity index (χ3v) is 3.65. The van der Waals surface area contributed by atoms with Gasteiger partial charge in [-0.25, -0.2) is 0 Å². The molecular weight excluding hydrogens is 304 g/mol. The molecule has 1 unspecified atom stereocenters. The number of rotatable bonds is 8. The summed E-state index contributed by atoms with van der Waals surface area (Å²) in [4.78, 5) is 22.5. The Hall–Kier alpha value is -2.62. The fraction of sp³-hybridized carbons (Fsp3) is 0.300. The van der Waals surface area contributed by atoms with Crippen molar-refractivity contribution in [3.63, 3.8) is 0 Å². The van der Waals surface area contributed by atoms with E-state index in [1.54, 1.807) is 55.5 Å². The van der Waals surface area contributed by atoms with E-state index in [2.05, 4.69) is 0 Å². The maximum absolute atomic E-state index is 11.2. The fourth-order valence-corrected chi connectivity index (χ4v) is 2.19. The van der Waals surface area contributed by atoms with Crippen molar-refractivity contribution >= 4 is 11.6 Å². The maximum atomic E-state index is 11.2. The summed E-state index contributed by atoms with van der Waals surface area (Å²) in [5.74, 6) is 1.55. The van der Waals surface area contributed by atoms with Gasteiger partial charge >= 0.3 is 0 Å². The first-order valence-electron chi connectivity index (χ1n) is 7.97. The van der Waals surface area contributed by atoms with Crippen molar-refractivity contribution in [2.45, 2.75) is 33.3 Å². The number of ether oxygens (including phenoxy) is 2. The van der Waals surface area contributed by atoms with Crippen LogP contribution in [0.1, 0.15) is 47.9 Å². The molecule has 0 heterocycles. The molecule has 2 rings (SSSR count). The Balaban J connectivity index is 1.77. The van der Waals surface area contributed by atoms with E-state index in [1.165, 1.54) is 6.92 Å². The second-order valence-corrected chi connectivity index (χ2v) is 5.73. The third-order valence-electron chi connectivity index (χ3n) is 3.65. The lowest BCUT2D eigenvalue weighted by atomic mass is 10.1. The van der Waals surface area contributed by atoms with Crippen molar-refractivity contribution in [3.8, 4) is 11.5 Å². The topological polar surface area (TPSA) is 52.6 Å². The average Bonchev–Trinajstić information content (AvgIpc) is 2.55. The molecule has 24 heavy (non-hydrogen) atoms. The molecule has 4 heteroatoms. The van der Waals surface area contributed by atoms with Crippen molar-refractivity contribution in [2.24, 2.45) is 0 Å². The molecule has 0 saturated heterocycles. The summed E-state index contributed by atoms with van der Waals surface area (Å²) >= 11 is 0. The van der Waals surface area contributed by atoms with Gasteiger partial charge in [0.25, 0.3) is 0 Å². The lowest BCUT2D eigenvalue weighted by molar-refractivity contribution is 0.100. The summed E-state index contributed by atoms with van der Waals surface area (Å²) in [7, 11) is 0. The van der Waals surface area contributed by atoms with Gasteiger partial charge in [0.15, 0.2) is 11.6 Å². The summed E-state index contributed by atoms with van der Waals surface area (Å²) in [5, 5.41) is 0. The normalized spacial score (nSPS) is 11.6. The fourth-order valence-electron chi connectivity index (χ4n) is 2.19. The highest BCUT2D eigenvalue weighted by Crippen LogP contribution is 2.16. The van der Waals surface area contributed by atoms with Gasteiger partial charge in [-0.2, -0.15) is 0 Å². The number of benzene rings is 2. The molecule has 0 aliphatic heterocycles. The van der Waals surface area contributed by atoms with Gasteiger partial charge in [-0.1, -0.05) is 0 Å². The van der Waals surface area contributed by atoms with Crippen LogP contribution in [0, 0.1) is 0 Å². The zero-order valence-corrected chi connectivity index (χ0v) is 14.2. The number of ketones is 2. The Morgan fingerprint density at radius 1 is 0.833 bits per heavy atom. The predicted octanol–water partition coefficient (Wildman–Crippen LogP) is 4.33. The first kappa shape index (κ1) is 17.7. The van der Waals surface area contributed by atoms with Crippen LogP contribution < -0.4 is 9.47 Å². The molecule has 2 aromatic carbocycles. The number of carbonyl (C=O) groups is 2. The Kier molecular flexibility index (Phi) is 6.13. The molecule has 0 aliphatic carbocycles. The minimum absolute atomic E-state index is 0.00956. The van der Waals surface area contributed by atoms with Crippen LogP contribution in [0.25, 0.3) is 0 Å². The van der Waals surface area contributed by atoms with Crippen molar-refractivity contribution in [1.29, 1.82) is 0 Å². The first-order valence-corrected chi connectivity index (χ1v) is 7.97. The van der Waals surface area contributed by atoms with Gasteiger partial charge in [0.05, 0.1) is 12.7 Å². The quantitative estimate of drug-likeness (QED) is 0.678. The molecule has 0 bridgehead atoms. The van der Waals surface area contributed by atoms with Gasteiger partial charge in [0.2, 0.25) is 0 Å². The second-order valence-electron chi connectivity index (χ2n) is 5.73. The highest BCUT2D eigenvalue weighted by atomic mass is 16.5. The lowest BCUT2D eigenvalue weighted by Gasteiger charge is -2.15. The standard InChI is InChI=1S/C20H22O4/c1-14(24-20-10-6-18(7-11-20)16(3)22)12-13-23-19-8-4-17(5-9-19)15(2)21/h4-11,14H,12-13H2,1-3H3. The summed E-state index contributed by atoms with van der Waals surface area (Å²) < 4.78 is 11.5. The van der Waals surface area contributed by atoms with E-state index in [0.29, 0.717) is 17.7 Å². The molecule has 1 atom stereocenters. The molecule has 2 aromatic rings. The number of hydrogen-bond acceptors (Lipinski definition) is 4. The van der Waals surface area contributed by atoms with Gasteiger partial charge < -0.3 is 9.47 Å². The van der Waals surface area contributed by atoms with Crippen LogP contribution in [0.5, 0.6) is 11.5 Å². The minimum atomic E-state index is -0.00956. The van der Waals surface area contributed by atoms with Crippen molar-refractivity contribution < 1.29 is 19.1 Å². The highest BCUT2D eigenvalue weighted by molar-refractivity contribution is 5.94. The van der Waals surface area contributed by atoms with Gasteiger partial charge in [-0.3, -0.25) is 9.59 Å². The highest BCUT2D eigenvalue weighted by Gasteiger charge is 2.06. The van der Waals surface area contributed by atoms with Gasteiger partial charge in [0, 0.05) is 17.5 Å². The van der Waals surface area contributed by atoms with Gasteiger partial charge in [-0.15, -0.1) is 0 Å². The average molecular weight is 326 g/mol. The molecule has 126 valence electrons. The largest absolute Gasteiger partial charge is 0.493 e. The van der Waals surface area contributed by atoms with Crippen LogP contribution in [0.2, 0.25) is 0 Å². The van der Waals surface area contributed by atoms with Crippen LogP contribution in [0.3, 0.4) is 0 Å². The predicted molar refractivity (Wildman–Crippen MR) is 93.1 cm³/mol. The zero-order chi connectivity index (χ0) is 17.5. The van der Waals surface area contributed by atoms with E-state index in [0.717, 1.165) is 17.9 Å². The summed E-state index contributed by atoms with van der Waals surface area (Å²) in [6.07, 6.45) is 0.716.